The highest BCUT2D eigenvalue weighted by Gasteiger charge is 2.46. The minimum atomic E-state index is -0.283. The number of benzene rings is 1. The van der Waals surface area contributed by atoms with E-state index in [1.165, 1.54) is 0 Å². The van der Waals surface area contributed by atoms with Gasteiger partial charge in [0.25, 0.3) is 5.56 Å². The van der Waals surface area contributed by atoms with Crippen LogP contribution in [0.3, 0.4) is 0 Å². The largest absolute Gasteiger partial charge is 0.392 e. The lowest BCUT2D eigenvalue weighted by Gasteiger charge is -2.32. The summed E-state index contributed by atoms with van der Waals surface area (Å²) in [6.07, 6.45) is 6.31. The number of aliphatic hydroxyl groups is 1. The van der Waals surface area contributed by atoms with E-state index in [4.69, 9.17) is 11.6 Å². The monoisotopic (exact) mass is 425 g/mol. The zero-order chi connectivity index (χ0) is 17.6. The summed E-state index contributed by atoms with van der Waals surface area (Å²) in [6, 6.07) is 3.59. The van der Waals surface area contributed by atoms with Crippen molar-refractivity contribution in [3.63, 3.8) is 0 Å². The topological polar surface area (TPSA) is 67.2 Å². The van der Waals surface area contributed by atoms with Crippen LogP contribution in [-0.2, 0) is 6.54 Å². The van der Waals surface area contributed by atoms with Crippen molar-refractivity contribution in [3.8, 4) is 0 Å². The first kappa shape index (κ1) is 17.5. The van der Waals surface area contributed by atoms with Gasteiger partial charge in [-0.25, -0.2) is 4.98 Å². The van der Waals surface area contributed by atoms with Gasteiger partial charge in [-0.1, -0.05) is 11.6 Å². The minimum Gasteiger partial charge on any atom is -0.392 e. The van der Waals surface area contributed by atoms with Crippen LogP contribution in [0.15, 0.2) is 27.7 Å². The van der Waals surface area contributed by atoms with Crippen LogP contribution >= 0.6 is 27.5 Å². The molecule has 2 aliphatic rings. The third kappa shape index (κ3) is 3.50. The molecule has 2 aromatic rings. The Morgan fingerprint density at radius 1 is 1.44 bits per heavy atom. The molecular weight excluding hydrogens is 406 g/mol. The Morgan fingerprint density at radius 3 is 2.96 bits per heavy atom. The predicted molar refractivity (Wildman–Crippen MR) is 102 cm³/mol. The van der Waals surface area contributed by atoms with Crippen LogP contribution in [0.1, 0.15) is 32.1 Å². The summed E-state index contributed by atoms with van der Waals surface area (Å²) in [5.74, 6) is 0. The number of rotatable bonds is 4. The first-order valence-electron chi connectivity index (χ1n) is 8.73. The third-order valence-electron chi connectivity index (χ3n) is 5.53. The summed E-state index contributed by atoms with van der Waals surface area (Å²) in [6.45, 7) is 1.61. The van der Waals surface area contributed by atoms with Crippen molar-refractivity contribution in [2.24, 2.45) is 5.41 Å². The zero-order valence-electron chi connectivity index (χ0n) is 13.8. The van der Waals surface area contributed by atoms with Gasteiger partial charge in [-0.05, 0) is 72.1 Å². The SMILES string of the molecule is O=c1c2cc(Cl)c(Br)cc2ncn1CC1(C[C@@H]2NCCC[C@H]2O)CC1. The predicted octanol–water partition coefficient (Wildman–Crippen LogP) is 3.10. The summed E-state index contributed by atoms with van der Waals surface area (Å²) in [5, 5.41) is 14.7. The molecule has 0 bridgehead atoms. The number of piperidine rings is 1. The molecule has 2 heterocycles. The molecule has 2 N–H and O–H groups in total. The average molecular weight is 427 g/mol. The number of halogens is 2. The number of hydrogen-bond donors (Lipinski definition) is 2. The molecule has 1 aliphatic heterocycles. The van der Waals surface area contributed by atoms with Crippen LogP contribution in [0.5, 0.6) is 0 Å². The third-order valence-corrected chi connectivity index (χ3v) is 6.73. The molecule has 1 aliphatic carbocycles. The van der Waals surface area contributed by atoms with Gasteiger partial charge in [-0.2, -0.15) is 0 Å². The Bertz CT molecular complexity index is 865. The average Bonchev–Trinajstić information content (AvgIpc) is 3.34. The molecule has 25 heavy (non-hydrogen) atoms. The van der Waals surface area contributed by atoms with E-state index in [0.717, 1.165) is 43.1 Å². The normalized spacial score (nSPS) is 25.2. The van der Waals surface area contributed by atoms with E-state index in [2.05, 4.69) is 26.2 Å². The number of aliphatic hydroxyl groups excluding tert-OH is 1. The minimum absolute atomic E-state index is 0.0529. The fraction of sp³-hybridized carbons (Fsp3) is 0.556. The Hall–Kier alpha value is -0.950. The smallest absolute Gasteiger partial charge is 0.261 e. The molecule has 1 aromatic heterocycles. The van der Waals surface area contributed by atoms with Crippen molar-refractivity contribution in [2.75, 3.05) is 6.54 Å². The molecule has 1 saturated carbocycles. The molecule has 1 aromatic carbocycles. The number of nitrogens with one attached hydrogen (secondary N) is 1. The molecule has 4 rings (SSSR count). The van der Waals surface area contributed by atoms with Crippen molar-refractivity contribution in [2.45, 2.75) is 50.8 Å². The molecule has 0 unspecified atom stereocenters. The lowest BCUT2D eigenvalue weighted by atomic mass is 9.89. The summed E-state index contributed by atoms with van der Waals surface area (Å²) >= 11 is 9.51. The number of nitrogens with zero attached hydrogens (tertiary/aromatic N) is 2. The summed E-state index contributed by atoms with van der Waals surface area (Å²) in [7, 11) is 0. The fourth-order valence-corrected chi connectivity index (χ4v) is 4.34. The number of aromatic nitrogens is 2. The van der Waals surface area contributed by atoms with Crippen LogP contribution in [0.25, 0.3) is 10.9 Å². The van der Waals surface area contributed by atoms with Crippen molar-refractivity contribution in [1.82, 2.24) is 14.9 Å². The van der Waals surface area contributed by atoms with Gasteiger partial charge in [0.2, 0.25) is 0 Å². The van der Waals surface area contributed by atoms with E-state index >= 15 is 0 Å². The molecule has 1 saturated heterocycles. The second kappa shape index (κ2) is 6.65. The van der Waals surface area contributed by atoms with Gasteiger partial charge in [-0.3, -0.25) is 9.36 Å². The molecule has 0 radical (unpaired) electrons. The van der Waals surface area contributed by atoms with E-state index in [-0.39, 0.29) is 23.1 Å². The zero-order valence-corrected chi connectivity index (χ0v) is 16.2. The van der Waals surface area contributed by atoms with Gasteiger partial charge in [0, 0.05) is 17.1 Å². The molecular formula is C18H21BrClN3O2. The van der Waals surface area contributed by atoms with Crippen LogP contribution in [0.4, 0.5) is 0 Å². The lowest BCUT2D eigenvalue weighted by molar-refractivity contribution is 0.0793. The summed E-state index contributed by atoms with van der Waals surface area (Å²) in [5.41, 5.74) is 0.684. The maximum Gasteiger partial charge on any atom is 0.261 e. The van der Waals surface area contributed by atoms with Crippen molar-refractivity contribution in [1.29, 1.82) is 0 Å². The highest BCUT2D eigenvalue weighted by Crippen LogP contribution is 2.51. The van der Waals surface area contributed by atoms with Gasteiger partial charge in [0.15, 0.2) is 0 Å². The Labute approximate surface area is 159 Å². The first-order valence-corrected chi connectivity index (χ1v) is 9.90. The molecule has 0 amide bonds. The quantitative estimate of drug-likeness (QED) is 0.788. The molecule has 7 heteroatoms. The van der Waals surface area contributed by atoms with E-state index in [9.17, 15) is 9.90 Å². The van der Waals surface area contributed by atoms with Crippen molar-refractivity contribution in [3.05, 3.63) is 38.3 Å². The van der Waals surface area contributed by atoms with Crippen LogP contribution in [0, 0.1) is 5.41 Å². The van der Waals surface area contributed by atoms with E-state index in [1.807, 2.05) is 0 Å². The first-order chi connectivity index (χ1) is 12.0. The Morgan fingerprint density at radius 2 is 2.24 bits per heavy atom. The summed E-state index contributed by atoms with van der Waals surface area (Å²) in [4.78, 5) is 17.3. The second-order valence-corrected chi connectivity index (χ2v) is 8.70. The fourth-order valence-electron chi connectivity index (χ4n) is 3.84. The number of hydrogen-bond acceptors (Lipinski definition) is 4. The molecule has 134 valence electrons. The van der Waals surface area contributed by atoms with Crippen LogP contribution in [0.2, 0.25) is 5.02 Å². The maximum atomic E-state index is 12.8. The molecule has 5 nitrogen and oxygen atoms in total. The maximum absolute atomic E-state index is 12.8. The van der Waals surface area contributed by atoms with Crippen LogP contribution in [-0.4, -0.2) is 33.3 Å². The number of fused-ring (bicyclic) bond motifs is 1. The Kier molecular flexibility index (Phi) is 4.65. The standard InChI is InChI=1S/C18H21BrClN3O2/c19-12-7-14-11(6-13(12)20)17(25)23(10-22-14)9-18(3-4-18)8-15-16(24)2-1-5-21-15/h6-7,10,15-16,21,24H,1-5,8-9H2/t15-,16+/m0/s1. The highest BCUT2D eigenvalue weighted by atomic mass is 79.9. The van der Waals surface area contributed by atoms with Crippen molar-refractivity contribution >= 4 is 38.4 Å². The van der Waals surface area contributed by atoms with E-state index in [1.54, 1.807) is 23.0 Å². The van der Waals surface area contributed by atoms with E-state index < -0.39 is 0 Å². The molecule has 2 fully saturated rings. The van der Waals surface area contributed by atoms with Crippen LogP contribution < -0.4 is 10.9 Å². The van der Waals surface area contributed by atoms with Gasteiger partial charge in [0.05, 0.1) is 28.4 Å². The summed E-state index contributed by atoms with van der Waals surface area (Å²) < 4.78 is 2.44. The molecule has 2 atom stereocenters. The Balaban J connectivity index is 1.59. The van der Waals surface area contributed by atoms with Gasteiger partial charge >= 0.3 is 0 Å². The van der Waals surface area contributed by atoms with E-state index in [0.29, 0.717) is 22.5 Å². The van der Waals surface area contributed by atoms with Gasteiger partial charge in [0.1, 0.15) is 0 Å². The van der Waals surface area contributed by atoms with Gasteiger partial charge < -0.3 is 10.4 Å². The highest BCUT2D eigenvalue weighted by molar-refractivity contribution is 9.10. The van der Waals surface area contributed by atoms with Gasteiger partial charge in [-0.15, -0.1) is 0 Å². The van der Waals surface area contributed by atoms with Crippen molar-refractivity contribution < 1.29 is 5.11 Å². The lowest BCUT2D eigenvalue weighted by Crippen LogP contribution is -2.46. The second-order valence-electron chi connectivity index (χ2n) is 7.44. The molecule has 0 spiro atoms.